The lowest BCUT2D eigenvalue weighted by Crippen LogP contribution is -2.38. The van der Waals surface area contributed by atoms with Crippen LogP contribution in [-0.2, 0) is 6.42 Å². The van der Waals surface area contributed by atoms with Crippen molar-refractivity contribution in [1.82, 2.24) is 4.57 Å². The zero-order valence-corrected chi connectivity index (χ0v) is 19.8. The molecule has 6 rings (SSSR count). The molecule has 1 aliphatic heterocycles. The fourth-order valence-electron chi connectivity index (χ4n) is 4.94. The number of aryl methyl sites for hydroxylation is 2. The quantitative estimate of drug-likeness (QED) is 0.455. The van der Waals surface area contributed by atoms with E-state index in [1.807, 2.05) is 10.6 Å². The zero-order chi connectivity index (χ0) is 24.1. The molecule has 0 saturated heterocycles. The van der Waals surface area contributed by atoms with Gasteiger partial charge in [-0.3, -0.25) is 9.36 Å². The highest BCUT2D eigenvalue weighted by Crippen LogP contribution is 2.41. The van der Waals surface area contributed by atoms with Gasteiger partial charge in [-0.15, -0.1) is 0 Å². The molecular weight excluding hydrogens is 456 g/mol. The van der Waals surface area contributed by atoms with Crippen molar-refractivity contribution in [3.8, 4) is 0 Å². The number of allylic oxidation sites excluding steroid dienone is 1. The Labute approximate surface area is 205 Å². The first-order valence-electron chi connectivity index (χ1n) is 11.5. The number of fused-ring (bicyclic) bond motifs is 3. The third-order valence-corrected chi connectivity index (χ3v) is 7.69. The summed E-state index contributed by atoms with van der Waals surface area (Å²) in [6.45, 7) is 2.06. The van der Waals surface area contributed by atoms with Crippen molar-refractivity contribution < 1.29 is 9.90 Å². The van der Waals surface area contributed by atoms with Crippen LogP contribution in [0.25, 0.3) is 11.8 Å². The third-order valence-electron chi connectivity index (χ3n) is 6.71. The fourth-order valence-corrected chi connectivity index (χ4v) is 5.94. The highest BCUT2D eigenvalue weighted by molar-refractivity contribution is 7.07. The van der Waals surface area contributed by atoms with Gasteiger partial charge in [0.15, 0.2) is 4.80 Å². The standard InChI is InChI=1S/C29H22N2O3S/c1-17-6-10-20(11-7-17)26-23-15-14-19-4-2-3-5-22(19)25(23)30-29-31(26)27(32)24(35-29)16-18-8-12-21(13-9-18)28(33)34/h2-13,16,26H,14-15H2,1H3,(H,33,34)/p-1/b24-16-/t26-/m0/s1. The normalized spacial score (nSPS) is 16.8. The Balaban J connectivity index is 1.57. The molecule has 2 aliphatic rings. The minimum atomic E-state index is -1.22. The van der Waals surface area contributed by atoms with Crippen molar-refractivity contribution in [2.75, 3.05) is 0 Å². The Morgan fingerprint density at radius 2 is 1.77 bits per heavy atom. The van der Waals surface area contributed by atoms with E-state index in [1.165, 1.54) is 40.2 Å². The summed E-state index contributed by atoms with van der Waals surface area (Å²) in [7, 11) is 0. The number of thiazole rings is 1. The molecule has 1 aliphatic carbocycles. The predicted molar refractivity (Wildman–Crippen MR) is 135 cm³/mol. The molecule has 4 aromatic rings. The van der Waals surface area contributed by atoms with E-state index in [9.17, 15) is 14.7 Å². The zero-order valence-electron chi connectivity index (χ0n) is 19.0. The van der Waals surface area contributed by atoms with E-state index in [-0.39, 0.29) is 17.2 Å². The highest BCUT2D eigenvalue weighted by Gasteiger charge is 2.32. The molecule has 1 atom stereocenters. The Morgan fingerprint density at radius 1 is 1.03 bits per heavy atom. The van der Waals surface area contributed by atoms with Crippen LogP contribution in [0.2, 0.25) is 0 Å². The van der Waals surface area contributed by atoms with E-state index in [1.54, 1.807) is 18.2 Å². The Hall–Kier alpha value is -4.03. The molecule has 0 bridgehead atoms. The van der Waals surface area contributed by atoms with Crippen LogP contribution in [0.1, 0.15) is 50.6 Å². The van der Waals surface area contributed by atoms with Crippen LogP contribution in [0, 0.1) is 6.92 Å². The van der Waals surface area contributed by atoms with E-state index in [4.69, 9.17) is 4.99 Å². The Bertz CT molecular complexity index is 1690. The van der Waals surface area contributed by atoms with Gasteiger partial charge in [0.25, 0.3) is 5.56 Å². The second-order valence-corrected chi connectivity index (χ2v) is 9.94. The van der Waals surface area contributed by atoms with Gasteiger partial charge in [0.1, 0.15) is 0 Å². The number of hydrogen-bond donors (Lipinski definition) is 0. The molecule has 172 valence electrons. The summed E-state index contributed by atoms with van der Waals surface area (Å²) in [6, 6.07) is 22.9. The van der Waals surface area contributed by atoms with E-state index >= 15 is 0 Å². The van der Waals surface area contributed by atoms with Gasteiger partial charge < -0.3 is 9.90 Å². The molecule has 0 unspecified atom stereocenters. The van der Waals surface area contributed by atoms with E-state index in [2.05, 4.69) is 49.4 Å². The van der Waals surface area contributed by atoms with Gasteiger partial charge in [-0.2, -0.15) is 0 Å². The van der Waals surface area contributed by atoms with Crippen LogP contribution in [0.5, 0.6) is 0 Å². The number of carboxylic acid groups (broad SMARTS) is 1. The second-order valence-electron chi connectivity index (χ2n) is 8.93. The van der Waals surface area contributed by atoms with Crippen molar-refractivity contribution >= 4 is 29.1 Å². The van der Waals surface area contributed by atoms with Crippen molar-refractivity contribution in [2.45, 2.75) is 25.8 Å². The molecule has 3 aromatic carbocycles. The summed E-state index contributed by atoms with van der Waals surface area (Å²) < 4.78 is 2.39. The highest BCUT2D eigenvalue weighted by atomic mass is 32.1. The maximum absolute atomic E-state index is 13.7. The van der Waals surface area contributed by atoms with Crippen molar-refractivity contribution in [3.05, 3.63) is 131 Å². The maximum Gasteiger partial charge on any atom is 0.271 e. The molecule has 0 amide bonds. The molecule has 5 nitrogen and oxygen atoms in total. The van der Waals surface area contributed by atoms with Gasteiger partial charge in [-0.25, -0.2) is 4.99 Å². The number of nitrogens with zero attached hydrogens (tertiary/aromatic N) is 2. The molecule has 6 heteroatoms. The fraction of sp³-hybridized carbons (Fsp3) is 0.138. The second kappa shape index (κ2) is 8.32. The number of carboxylic acids is 1. The molecule has 1 aromatic heterocycles. The SMILES string of the molecule is Cc1ccc([C@H]2C3=C(N=c4s/c(=C\c5ccc(C(=O)[O-])cc5)c(=O)n42)c2ccccc2CC3)cc1. The lowest BCUT2D eigenvalue weighted by molar-refractivity contribution is -0.255. The smallest absolute Gasteiger partial charge is 0.271 e. The van der Waals surface area contributed by atoms with Crippen molar-refractivity contribution in [2.24, 2.45) is 4.99 Å². The number of carbonyl (C=O) groups is 1. The summed E-state index contributed by atoms with van der Waals surface area (Å²) >= 11 is 1.36. The summed E-state index contributed by atoms with van der Waals surface area (Å²) in [6.07, 6.45) is 3.57. The van der Waals surface area contributed by atoms with Crippen LogP contribution >= 0.6 is 11.3 Å². The summed E-state index contributed by atoms with van der Waals surface area (Å²) in [5.41, 5.74) is 7.58. The van der Waals surface area contributed by atoms with E-state index in [0.717, 1.165) is 35.2 Å². The minimum absolute atomic E-state index is 0.0892. The van der Waals surface area contributed by atoms with Crippen molar-refractivity contribution in [3.63, 3.8) is 0 Å². The predicted octanol–water partition coefficient (Wildman–Crippen LogP) is 2.99. The minimum Gasteiger partial charge on any atom is -0.545 e. The molecule has 0 N–H and O–H groups in total. The number of rotatable bonds is 3. The molecule has 2 heterocycles. The van der Waals surface area contributed by atoms with Gasteiger partial charge in [0.05, 0.1) is 22.2 Å². The Kier molecular flexibility index (Phi) is 5.11. The molecule has 0 saturated carbocycles. The summed E-state index contributed by atoms with van der Waals surface area (Å²) in [5.74, 6) is -1.22. The topological polar surface area (TPSA) is 74.5 Å². The third kappa shape index (κ3) is 3.67. The molecule has 0 spiro atoms. The molecule has 0 radical (unpaired) electrons. The number of hydrogen-bond acceptors (Lipinski definition) is 5. The number of carbonyl (C=O) groups excluding carboxylic acids is 1. The van der Waals surface area contributed by atoms with Gasteiger partial charge in [0, 0.05) is 5.56 Å². The van der Waals surface area contributed by atoms with Crippen LogP contribution in [0.15, 0.2) is 88.2 Å². The Morgan fingerprint density at radius 3 is 2.51 bits per heavy atom. The van der Waals surface area contributed by atoms with Gasteiger partial charge in [0.2, 0.25) is 0 Å². The summed E-state index contributed by atoms with van der Waals surface area (Å²) in [5, 5.41) is 11.1. The van der Waals surface area contributed by atoms with Gasteiger partial charge >= 0.3 is 0 Å². The molecule has 35 heavy (non-hydrogen) atoms. The van der Waals surface area contributed by atoms with Crippen LogP contribution < -0.4 is 20.0 Å². The molecular formula is C29H21N2O3S-. The van der Waals surface area contributed by atoms with Crippen LogP contribution in [0.4, 0.5) is 0 Å². The van der Waals surface area contributed by atoms with Gasteiger partial charge in [-0.1, -0.05) is 89.7 Å². The number of aromatic nitrogens is 1. The summed E-state index contributed by atoms with van der Waals surface area (Å²) in [4.78, 5) is 30.5. The van der Waals surface area contributed by atoms with Gasteiger partial charge in [-0.05, 0) is 53.7 Å². The first kappa shape index (κ1) is 21.5. The number of aromatic carboxylic acids is 1. The van der Waals surface area contributed by atoms with E-state index in [0.29, 0.717) is 9.33 Å². The average molecular weight is 478 g/mol. The number of benzene rings is 3. The van der Waals surface area contributed by atoms with Crippen LogP contribution in [0.3, 0.4) is 0 Å². The lowest BCUT2D eigenvalue weighted by atomic mass is 9.83. The first-order chi connectivity index (χ1) is 17.0. The lowest BCUT2D eigenvalue weighted by Gasteiger charge is -2.30. The maximum atomic E-state index is 13.7. The van der Waals surface area contributed by atoms with E-state index < -0.39 is 5.97 Å². The average Bonchev–Trinajstić information content (AvgIpc) is 3.18. The van der Waals surface area contributed by atoms with Crippen LogP contribution in [-0.4, -0.2) is 10.5 Å². The largest absolute Gasteiger partial charge is 0.545 e. The van der Waals surface area contributed by atoms with Crippen molar-refractivity contribution in [1.29, 1.82) is 0 Å². The first-order valence-corrected chi connectivity index (χ1v) is 12.3. The molecule has 0 fully saturated rings. The monoisotopic (exact) mass is 477 g/mol.